The van der Waals surface area contributed by atoms with Gasteiger partial charge in [0.15, 0.2) is 0 Å². The Hall–Kier alpha value is -0.610. The Labute approximate surface area is 115 Å². The molecule has 0 radical (unpaired) electrons. The van der Waals surface area contributed by atoms with Crippen LogP contribution in [0.25, 0.3) is 0 Å². The maximum atomic E-state index is 12.4. The second-order valence-corrected chi connectivity index (χ2v) is 6.70. The smallest absolute Gasteiger partial charge is 0.223 e. The van der Waals surface area contributed by atoms with Crippen molar-refractivity contribution in [2.24, 2.45) is 17.6 Å². The number of nitrogens with one attached hydrogen (secondary N) is 1. The molecule has 6 unspecified atom stereocenters. The summed E-state index contributed by atoms with van der Waals surface area (Å²) in [5.41, 5.74) is 6.02. The van der Waals surface area contributed by atoms with Crippen LogP contribution in [0, 0.1) is 11.8 Å². The molecule has 3 fully saturated rings. The van der Waals surface area contributed by atoms with E-state index in [1.54, 1.807) is 0 Å². The summed E-state index contributed by atoms with van der Waals surface area (Å²) in [6, 6.07) is 0.547. The maximum absolute atomic E-state index is 12.4. The lowest BCUT2D eigenvalue weighted by Gasteiger charge is -2.31. The van der Waals surface area contributed by atoms with Gasteiger partial charge in [-0.15, -0.1) is 0 Å². The first-order valence-electron chi connectivity index (χ1n) is 7.85. The van der Waals surface area contributed by atoms with E-state index in [-0.39, 0.29) is 24.0 Å². The van der Waals surface area contributed by atoms with Crippen LogP contribution in [0.3, 0.4) is 0 Å². The van der Waals surface area contributed by atoms with Gasteiger partial charge in [0.05, 0.1) is 18.2 Å². The molecule has 108 valence electrons. The fourth-order valence-electron chi connectivity index (χ4n) is 4.04. The summed E-state index contributed by atoms with van der Waals surface area (Å²) in [7, 11) is 0. The molecule has 4 nitrogen and oxygen atoms in total. The summed E-state index contributed by atoms with van der Waals surface area (Å²) in [6.45, 7) is 2.06. The van der Waals surface area contributed by atoms with E-state index in [2.05, 4.69) is 12.2 Å². The van der Waals surface area contributed by atoms with Gasteiger partial charge < -0.3 is 15.8 Å². The Morgan fingerprint density at radius 1 is 1.26 bits per heavy atom. The van der Waals surface area contributed by atoms with Crippen molar-refractivity contribution in [3.8, 4) is 0 Å². The van der Waals surface area contributed by atoms with Crippen LogP contribution in [0.15, 0.2) is 0 Å². The lowest BCUT2D eigenvalue weighted by Crippen LogP contribution is -2.46. The van der Waals surface area contributed by atoms with Crippen LogP contribution < -0.4 is 11.1 Å². The van der Waals surface area contributed by atoms with E-state index in [0.717, 1.165) is 32.1 Å². The minimum atomic E-state index is 0.0884. The number of carbonyl (C=O) groups excluding carboxylic acids is 1. The molecule has 1 amide bonds. The molecule has 2 heterocycles. The molecular weight excluding hydrogens is 240 g/mol. The largest absolute Gasteiger partial charge is 0.373 e. The van der Waals surface area contributed by atoms with Gasteiger partial charge in [0.25, 0.3) is 0 Å². The Morgan fingerprint density at radius 3 is 2.74 bits per heavy atom. The molecule has 2 saturated heterocycles. The van der Waals surface area contributed by atoms with Crippen molar-refractivity contribution in [1.29, 1.82) is 0 Å². The van der Waals surface area contributed by atoms with Gasteiger partial charge in [0.2, 0.25) is 5.91 Å². The molecule has 4 heteroatoms. The number of ether oxygens (including phenoxy) is 1. The van der Waals surface area contributed by atoms with Gasteiger partial charge in [-0.05, 0) is 44.4 Å². The molecular formula is C15H26N2O2. The van der Waals surface area contributed by atoms with Crippen molar-refractivity contribution >= 4 is 5.91 Å². The van der Waals surface area contributed by atoms with Crippen LogP contribution in [-0.2, 0) is 9.53 Å². The lowest BCUT2D eigenvalue weighted by molar-refractivity contribution is -0.127. The average molecular weight is 266 g/mol. The zero-order valence-electron chi connectivity index (χ0n) is 11.8. The van der Waals surface area contributed by atoms with Crippen molar-refractivity contribution < 1.29 is 9.53 Å². The highest BCUT2D eigenvalue weighted by molar-refractivity contribution is 5.79. The van der Waals surface area contributed by atoms with Crippen LogP contribution in [0.2, 0.25) is 0 Å². The predicted octanol–water partition coefficient (Wildman–Crippen LogP) is 1.58. The van der Waals surface area contributed by atoms with E-state index >= 15 is 0 Å². The number of amides is 1. The van der Waals surface area contributed by atoms with Crippen molar-refractivity contribution in [3.05, 3.63) is 0 Å². The van der Waals surface area contributed by atoms with E-state index in [0.29, 0.717) is 18.1 Å². The molecule has 0 aromatic carbocycles. The first kappa shape index (κ1) is 13.4. The number of nitrogens with two attached hydrogens (primary N) is 1. The molecule has 6 atom stereocenters. The zero-order chi connectivity index (χ0) is 13.4. The van der Waals surface area contributed by atoms with Crippen molar-refractivity contribution in [3.63, 3.8) is 0 Å². The molecule has 0 aromatic rings. The highest BCUT2D eigenvalue weighted by atomic mass is 16.5. The third-order valence-electron chi connectivity index (χ3n) is 5.31. The topological polar surface area (TPSA) is 64.3 Å². The van der Waals surface area contributed by atoms with Gasteiger partial charge in [-0.1, -0.05) is 13.3 Å². The molecule has 3 aliphatic rings. The van der Waals surface area contributed by atoms with Crippen molar-refractivity contribution in [2.75, 3.05) is 0 Å². The van der Waals surface area contributed by atoms with Gasteiger partial charge >= 0.3 is 0 Å². The Balaban J connectivity index is 1.52. The first-order valence-corrected chi connectivity index (χ1v) is 7.85. The molecule has 2 bridgehead atoms. The highest BCUT2D eigenvalue weighted by Crippen LogP contribution is 2.35. The van der Waals surface area contributed by atoms with Crippen LogP contribution in [0.4, 0.5) is 0 Å². The molecule has 3 N–H and O–H groups in total. The van der Waals surface area contributed by atoms with E-state index < -0.39 is 0 Å². The zero-order valence-corrected chi connectivity index (χ0v) is 11.8. The second-order valence-electron chi connectivity index (χ2n) is 6.70. The van der Waals surface area contributed by atoms with Crippen LogP contribution >= 0.6 is 0 Å². The summed E-state index contributed by atoms with van der Waals surface area (Å²) in [5, 5.41) is 3.22. The SMILES string of the molecule is CC(C(=O)NC1CC2CCC1O2)C1CCCC(N)C1. The van der Waals surface area contributed by atoms with Gasteiger partial charge in [-0.2, -0.15) is 0 Å². The third kappa shape index (κ3) is 2.79. The fraction of sp³-hybridized carbons (Fsp3) is 0.933. The van der Waals surface area contributed by atoms with Gasteiger partial charge in [0.1, 0.15) is 0 Å². The molecule has 1 saturated carbocycles. The number of hydrogen-bond donors (Lipinski definition) is 2. The van der Waals surface area contributed by atoms with Crippen LogP contribution in [0.1, 0.15) is 51.9 Å². The van der Waals surface area contributed by atoms with Gasteiger partial charge in [-0.25, -0.2) is 0 Å². The first-order chi connectivity index (χ1) is 9.13. The minimum Gasteiger partial charge on any atom is -0.373 e. The van der Waals surface area contributed by atoms with Crippen molar-refractivity contribution in [1.82, 2.24) is 5.32 Å². The molecule has 3 rings (SSSR count). The highest BCUT2D eigenvalue weighted by Gasteiger charge is 2.42. The number of hydrogen-bond acceptors (Lipinski definition) is 3. The summed E-state index contributed by atoms with van der Waals surface area (Å²) in [5.74, 6) is 0.758. The molecule has 19 heavy (non-hydrogen) atoms. The van der Waals surface area contributed by atoms with E-state index in [9.17, 15) is 4.79 Å². The lowest BCUT2D eigenvalue weighted by atomic mass is 9.78. The predicted molar refractivity (Wildman–Crippen MR) is 73.5 cm³/mol. The molecule has 2 aliphatic heterocycles. The summed E-state index contributed by atoms with van der Waals surface area (Å²) < 4.78 is 5.79. The number of fused-ring (bicyclic) bond motifs is 2. The van der Waals surface area contributed by atoms with E-state index in [4.69, 9.17) is 10.5 Å². The van der Waals surface area contributed by atoms with E-state index in [1.807, 2.05) is 0 Å². The molecule has 0 spiro atoms. The summed E-state index contributed by atoms with van der Waals surface area (Å²) in [4.78, 5) is 12.4. The van der Waals surface area contributed by atoms with Gasteiger partial charge in [-0.3, -0.25) is 4.79 Å². The van der Waals surface area contributed by atoms with Crippen LogP contribution in [0.5, 0.6) is 0 Å². The third-order valence-corrected chi connectivity index (χ3v) is 5.31. The summed E-state index contributed by atoms with van der Waals surface area (Å²) >= 11 is 0. The molecule has 1 aliphatic carbocycles. The van der Waals surface area contributed by atoms with Crippen LogP contribution in [-0.4, -0.2) is 30.2 Å². The Kier molecular flexibility index (Phi) is 3.81. The summed E-state index contributed by atoms with van der Waals surface area (Å²) in [6.07, 6.45) is 8.39. The average Bonchev–Trinajstić information content (AvgIpc) is 3.00. The number of rotatable bonds is 3. The maximum Gasteiger partial charge on any atom is 0.223 e. The fourth-order valence-corrected chi connectivity index (χ4v) is 4.04. The minimum absolute atomic E-state index is 0.0884. The Bertz CT molecular complexity index is 347. The van der Waals surface area contributed by atoms with E-state index in [1.165, 1.54) is 12.8 Å². The van der Waals surface area contributed by atoms with Crippen molar-refractivity contribution in [2.45, 2.75) is 76.2 Å². The quantitative estimate of drug-likeness (QED) is 0.815. The monoisotopic (exact) mass is 266 g/mol. The molecule has 0 aromatic heterocycles. The Morgan fingerprint density at radius 2 is 2.11 bits per heavy atom. The number of carbonyl (C=O) groups is 1. The standard InChI is InChI=1S/C15H26N2O2/c1-9(10-3-2-4-11(16)7-10)15(18)17-13-8-12-5-6-14(13)19-12/h9-14H,2-8,16H2,1H3,(H,17,18). The normalized spacial score (nSPS) is 43.2. The van der Waals surface area contributed by atoms with Gasteiger partial charge in [0, 0.05) is 12.0 Å². The second kappa shape index (κ2) is 5.41.